The zero-order valence-corrected chi connectivity index (χ0v) is 10.7. The molecule has 0 radical (unpaired) electrons. The molecule has 3 nitrogen and oxygen atoms in total. The first-order valence-corrected chi connectivity index (χ1v) is 6.71. The Kier molecular flexibility index (Phi) is 2.74. The van der Waals surface area contributed by atoms with Gasteiger partial charge in [0.05, 0.1) is 19.1 Å². The van der Waals surface area contributed by atoms with Crippen molar-refractivity contribution in [3.63, 3.8) is 0 Å². The first kappa shape index (κ1) is 11.3. The van der Waals surface area contributed by atoms with E-state index in [2.05, 4.69) is 4.99 Å². The molecule has 1 aliphatic heterocycles. The first-order chi connectivity index (χ1) is 8.22. The molecule has 1 saturated carbocycles. The lowest BCUT2D eigenvalue weighted by Gasteiger charge is -2.28. The van der Waals surface area contributed by atoms with Crippen LogP contribution in [0.3, 0.4) is 0 Å². The summed E-state index contributed by atoms with van der Waals surface area (Å²) in [4.78, 5) is 16.3. The molecule has 0 aromatic rings. The summed E-state index contributed by atoms with van der Waals surface area (Å²) >= 11 is 6.20. The van der Waals surface area contributed by atoms with Crippen molar-refractivity contribution in [1.29, 1.82) is 0 Å². The number of hydrogen-bond acceptors (Lipinski definition) is 3. The molecule has 0 amide bonds. The summed E-state index contributed by atoms with van der Waals surface area (Å²) in [6, 6.07) is 0. The minimum Gasteiger partial charge on any atom is -0.465 e. The van der Waals surface area contributed by atoms with Crippen LogP contribution >= 0.6 is 11.6 Å². The van der Waals surface area contributed by atoms with Gasteiger partial charge in [0.25, 0.3) is 0 Å². The summed E-state index contributed by atoms with van der Waals surface area (Å²) in [5.41, 5.74) is 2.42. The highest BCUT2D eigenvalue weighted by atomic mass is 35.5. The van der Waals surface area contributed by atoms with E-state index in [0.29, 0.717) is 30.2 Å². The second-order valence-corrected chi connectivity index (χ2v) is 5.37. The van der Waals surface area contributed by atoms with E-state index in [1.807, 2.05) is 6.92 Å². The van der Waals surface area contributed by atoms with Gasteiger partial charge in [-0.3, -0.25) is 9.79 Å². The third kappa shape index (κ3) is 1.63. The first-order valence-electron chi connectivity index (χ1n) is 6.33. The van der Waals surface area contributed by atoms with Gasteiger partial charge >= 0.3 is 5.97 Å². The molecule has 0 aromatic carbocycles. The number of rotatable bonds is 2. The molecule has 2 aliphatic carbocycles. The highest BCUT2D eigenvalue weighted by molar-refractivity contribution is 6.70. The van der Waals surface area contributed by atoms with Crippen molar-refractivity contribution in [2.24, 2.45) is 22.7 Å². The summed E-state index contributed by atoms with van der Waals surface area (Å²) in [7, 11) is 0. The standard InChI is InChI=1S/C13H16ClNO2/c1-2-17-13(16)9-6-15-12(14)11-8-4-3-7(5-8)10(9)11/h7-9H,2-6H2,1H3. The Hall–Kier alpha value is -0.830. The Morgan fingerprint density at radius 1 is 1.47 bits per heavy atom. The van der Waals surface area contributed by atoms with Gasteiger partial charge in [-0.25, -0.2) is 0 Å². The number of hydrogen-bond donors (Lipinski definition) is 0. The number of nitrogens with zero attached hydrogens (tertiary/aromatic N) is 1. The van der Waals surface area contributed by atoms with Gasteiger partial charge in [-0.2, -0.15) is 0 Å². The number of halogens is 1. The van der Waals surface area contributed by atoms with Gasteiger partial charge in [0.15, 0.2) is 0 Å². The fourth-order valence-electron chi connectivity index (χ4n) is 3.54. The zero-order chi connectivity index (χ0) is 12.0. The normalized spacial score (nSPS) is 34.7. The number of carbonyl (C=O) groups is 1. The van der Waals surface area contributed by atoms with Crippen LogP contribution in [0.5, 0.6) is 0 Å². The van der Waals surface area contributed by atoms with Gasteiger partial charge < -0.3 is 4.74 Å². The molecule has 17 heavy (non-hydrogen) atoms. The zero-order valence-electron chi connectivity index (χ0n) is 9.91. The third-order valence-electron chi connectivity index (χ3n) is 4.17. The average molecular weight is 254 g/mol. The molecule has 0 spiro atoms. The van der Waals surface area contributed by atoms with Crippen LogP contribution in [-0.4, -0.2) is 24.3 Å². The monoisotopic (exact) mass is 253 g/mol. The van der Waals surface area contributed by atoms with Crippen LogP contribution in [0.25, 0.3) is 0 Å². The fraction of sp³-hybridized carbons (Fsp3) is 0.692. The largest absolute Gasteiger partial charge is 0.465 e. The van der Waals surface area contributed by atoms with Crippen molar-refractivity contribution in [3.8, 4) is 0 Å². The third-order valence-corrected chi connectivity index (χ3v) is 4.50. The lowest BCUT2D eigenvalue weighted by Crippen LogP contribution is -2.30. The van der Waals surface area contributed by atoms with Crippen LogP contribution in [0.15, 0.2) is 16.1 Å². The number of aliphatic imine (C=N–C) groups is 1. The van der Waals surface area contributed by atoms with Crippen molar-refractivity contribution in [1.82, 2.24) is 0 Å². The molecule has 4 heteroatoms. The van der Waals surface area contributed by atoms with E-state index in [0.717, 1.165) is 6.42 Å². The number of fused-ring (bicyclic) bond motifs is 4. The highest BCUT2D eigenvalue weighted by Crippen LogP contribution is 2.53. The molecular formula is C13H16ClNO2. The van der Waals surface area contributed by atoms with Gasteiger partial charge in [0.2, 0.25) is 0 Å². The molecule has 3 unspecified atom stereocenters. The lowest BCUT2D eigenvalue weighted by atomic mass is 9.82. The summed E-state index contributed by atoms with van der Waals surface area (Å²) < 4.78 is 5.15. The number of allylic oxidation sites excluding steroid dienone is 1. The Balaban J connectivity index is 1.94. The van der Waals surface area contributed by atoms with Crippen molar-refractivity contribution in [2.45, 2.75) is 26.2 Å². The topological polar surface area (TPSA) is 38.7 Å². The summed E-state index contributed by atoms with van der Waals surface area (Å²) in [5.74, 6) is 0.806. The Morgan fingerprint density at radius 3 is 3.00 bits per heavy atom. The van der Waals surface area contributed by atoms with Crippen LogP contribution in [0.1, 0.15) is 26.2 Å². The quantitative estimate of drug-likeness (QED) is 0.710. The predicted molar refractivity (Wildman–Crippen MR) is 66.1 cm³/mol. The van der Waals surface area contributed by atoms with Crippen LogP contribution in [-0.2, 0) is 9.53 Å². The van der Waals surface area contributed by atoms with Gasteiger partial charge in [0, 0.05) is 0 Å². The smallest absolute Gasteiger partial charge is 0.314 e. The maximum absolute atomic E-state index is 12.0. The van der Waals surface area contributed by atoms with Gasteiger partial charge in [-0.1, -0.05) is 11.6 Å². The number of esters is 1. The molecule has 0 saturated heterocycles. The van der Waals surface area contributed by atoms with Gasteiger partial charge in [-0.05, 0) is 49.2 Å². The van der Waals surface area contributed by atoms with E-state index < -0.39 is 0 Å². The summed E-state index contributed by atoms with van der Waals surface area (Å²) in [6.45, 7) is 2.75. The molecule has 3 atom stereocenters. The molecule has 3 aliphatic rings. The van der Waals surface area contributed by atoms with Crippen LogP contribution in [0.2, 0.25) is 0 Å². The van der Waals surface area contributed by atoms with E-state index in [1.165, 1.54) is 24.0 Å². The predicted octanol–water partition coefficient (Wildman–Crippen LogP) is 2.54. The molecule has 2 bridgehead atoms. The van der Waals surface area contributed by atoms with Crippen molar-refractivity contribution >= 4 is 22.7 Å². The van der Waals surface area contributed by atoms with E-state index in [9.17, 15) is 4.79 Å². The SMILES string of the molecule is CCOC(=O)C1CN=C(Cl)C2=C1C1CCC2C1. The number of ether oxygens (including phenoxy) is 1. The van der Waals surface area contributed by atoms with Crippen LogP contribution < -0.4 is 0 Å². The van der Waals surface area contributed by atoms with E-state index in [4.69, 9.17) is 16.3 Å². The lowest BCUT2D eigenvalue weighted by molar-refractivity contribution is -0.146. The van der Waals surface area contributed by atoms with Crippen molar-refractivity contribution in [2.75, 3.05) is 13.2 Å². The molecule has 1 fully saturated rings. The van der Waals surface area contributed by atoms with Crippen LogP contribution in [0.4, 0.5) is 0 Å². The van der Waals surface area contributed by atoms with Crippen LogP contribution in [0, 0.1) is 17.8 Å². The minimum absolute atomic E-state index is 0.125. The summed E-state index contributed by atoms with van der Waals surface area (Å²) in [6.07, 6.45) is 3.56. The molecular weight excluding hydrogens is 238 g/mol. The molecule has 1 heterocycles. The molecule has 0 N–H and O–H groups in total. The maximum atomic E-state index is 12.0. The second-order valence-electron chi connectivity index (χ2n) is 5.01. The Labute approximate surface area is 106 Å². The van der Waals surface area contributed by atoms with E-state index in [-0.39, 0.29) is 11.9 Å². The summed E-state index contributed by atoms with van der Waals surface area (Å²) in [5, 5.41) is 0.646. The Morgan fingerprint density at radius 2 is 2.24 bits per heavy atom. The van der Waals surface area contributed by atoms with E-state index in [1.54, 1.807) is 0 Å². The number of dihydropyridines is 1. The second kappa shape index (κ2) is 4.13. The number of carbonyl (C=O) groups excluding carboxylic acids is 1. The highest BCUT2D eigenvalue weighted by Gasteiger charge is 2.46. The fourth-order valence-corrected chi connectivity index (χ4v) is 3.87. The van der Waals surface area contributed by atoms with Gasteiger partial charge in [-0.15, -0.1) is 0 Å². The van der Waals surface area contributed by atoms with Gasteiger partial charge in [0.1, 0.15) is 5.17 Å². The van der Waals surface area contributed by atoms with Crippen molar-refractivity contribution < 1.29 is 9.53 Å². The van der Waals surface area contributed by atoms with E-state index >= 15 is 0 Å². The minimum atomic E-state index is -0.164. The Bertz CT molecular complexity index is 427. The molecule has 3 rings (SSSR count). The molecule has 92 valence electrons. The van der Waals surface area contributed by atoms with Crippen molar-refractivity contribution in [3.05, 3.63) is 11.1 Å². The molecule has 0 aromatic heterocycles. The average Bonchev–Trinajstić information content (AvgIpc) is 2.90. The maximum Gasteiger partial charge on any atom is 0.314 e.